The molecule has 6 nitrogen and oxygen atoms in total. The molecule has 2 aliphatic carbocycles. The average Bonchev–Trinajstić information content (AvgIpc) is 3.20. The molecule has 7 heteroatoms. The van der Waals surface area contributed by atoms with E-state index in [-0.39, 0.29) is 11.1 Å². The minimum Gasteiger partial charge on any atom is -0.310 e. The van der Waals surface area contributed by atoms with Gasteiger partial charge in [0.05, 0.1) is 6.20 Å². The molecule has 2 aliphatic rings. The van der Waals surface area contributed by atoms with Gasteiger partial charge in [0.2, 0.25) is 0 Å². The van der Waals surface area contributed by atoms with Gasteiger partial charge in [0.15, 0.2) is 5.03 Å². The Bertz CT molecular complexity index is 557. The molecule has 0 bridgehead atoms. The second-order valence-electron chi connectivity index (χ2n) is 6.19. The van der Waals surface area contributed by atoms with Crippen LogP contribution < -0.4 is 10.0 Å². The van der Waals surface area contributed by atoms with Crippen molar-refractivity contribution in [2.75, 3.05) is 0 Å². The zero-order valence-electron chi connectivity index (χ0n) is 12.3. The van der Waals surface area contributed by atoms with E-state index in [1.54, 1.807) is 6.20 Å². The summed E-state index contributed by atoms with van der Waals surface area (Å²) in [7, 11) is -3.50. The Hall–Kier alpha value is -0.920. The molecule has 0 atom stereocenters. The first kappa shape index (κ1) is 15.0. The van der Waals surface area contributed by atoms with Crippen LogP contribution in [0.2, 0.25) is 0 Å². The fourth-order valence-corrected chi connectivity index (χ4v) is 4.31. The molecule has 0 aromatic carbocycles. The lowest BCUT2D eigenvalue weighted by atomic mass is 10.1. The summed E-state index contributed by atoms with van der Waals surface area (Å²) >= 11 is 0. The highest BCUT2D eigenvalue weighted by atomic mass is 32.2. The van der Waals surface area contributed by atoms with E-state index in [2.05, 4.69) is 20.2 Å². The van der Waals surface area contributed by atoms with Crippen LogP contribution in [0, 0.1) is 0 Å². The van der Waals surface area contributed by atoms with Gasteiger partial charge in [-0.2, -0.15) is 5.10 Å². The molecule has 3 rings (SSSR count). The number of H-pyrrole nitrogens is 1. The van der Waals surface area contributed by atoms with Crippen molar-refractivity contribution in [2.24, 2.45) is 0 Å². The van der Waals surface area contributed by atoms with Crippen LogP contribution in [-0.4, -0.2) is 30.7 Å². The monoisotopic (exact) mass is 312 g/mol. The summed E-state index contributed by atoms with van der Waals surface area (Å²) in [4.78, 5) is 0. The molecule has 2 saturated carbocycles. The van der Waals surface area contributed by atoms with E-state index in [0.717, 1.165) is 31.2 Å². The molecular formula is C14H24N4O2S. The Balaban J connectivity index is 1.66. The number of nitrogens with one attached hydrogen (secondary N) is 3. The zero-order chi connectivity index (χ0) is 14.7. The molecule has 0 aliphatic heterocycles. The van der Waals surface area contributed by atoms with Crippen molar-refractivity contribution < 1.29 is 8.42 Å². The van der Waals surface area contributed by atoms with E-state index in [4.69, 9.17) is 0 Å². The topological polar surface area (TPSA) is 86.9 Å². The summed E-state index contributed by atoms with van der Waals surface area (Å²) in [5.41, 5.74) is 0.725. The second kappa shape index (κ2) is 6.46. The van der Waals surface area contributed by atoms with Gasteiger partial charge in [0, 0.05) is 24.2 Å². The summed E-state index contributed by atoms with van der Waals surface area (Å²) in [5, 5.41) is 10.1. The average molecular weight is 312 g/mol. The van der Waals surface area contributed by atoms with Crippen molar-refractivity contribution in [1.82, 2.24) is 20.2 Å². The van der Waals surface area contributed by atoms with Crippen LogP contribution in [0.3, 0.4) is 0 Å². The smallest absolute Gasteiger partial charge is 0.258 e. The quantitative estimate of drug-likeness (QED) is 0.697. The normalized spacial score (nSPS) is 21.3. The van der Waals surface area contributed by atoms with Crippen LogP contribution in [0.25, 0.3) is 0 Å². The van der Waals surface area contributed by atoms with Crippen molar-refractivity contribution in [2.45, 2.75) is 75.0 Å². The first-order chi connectivity index (χ1) is 10.1. The lowest BCUT2D eigenvalue weighted by Crippen LogP contribution is -2.35. The summed E-state index contributed by atoms with van der Waals surface area (Å²) in [6.07, 6.45) is 10.5. The molecule has 1 heterocycles. The highest BCUT2D eigenvalue weighted by molar-refractivity contribution is 7.89. The third-order valence-electron chi connectivity index (χ3n) is 4.28. The van der Waals surface area contributed by atoms with Gasteiger partial charge >= 0.3 is 0 Å². The van der Waals surface area contributed by atoms with Crippen LogP contribution in [-0.2, 0) is 16.6 Å². The van der Waals surface area contributed by atoms with Gasteiger partial charge in [-0.3, -0.25) is 5.10 Å². The number of nitrogens with zero attached hydrogens (tertiary/aromatic N) is 1. The SMILES string of the molecule is O=S(=O)(NC1CCCCCC1)c1[nH]ncc1CNC1CC1. The van der Waals surface area contributed by atoms with E-state index in [1.807, 2.05) is 0 Å². The standard InChI is InChI=1S/C14H24N4O2S/c19-21(20,18-13-5-3-1-2-4-6-13)14-11(10-16-17-14)9-15-12-7-8-12/h10,12-13,15,18H,1-9H2,(H,16,17). The first-order valence-electron chi connectivity index (χ1n) is 7.93. The number of sulfonamides is 1. The molecule has 1 aromatic rings. The Morgan fingerprint density at radius 3 is 2.48 bits per heavy atom. The zero-order valence-corrected chi connectivity index (χ0v) is 13.1. The van der Waals surface area contributed by atoms with Gasteiger partial charge < -0.3 is 5.32 Å². The Kier molecular flexibility index (Phi) is 4.61. The fourth-order valence-electron chi connectivity index (χ4n) is 2.88. The van der Waals surface area contributed by atoms with Crippen molar-refractivity contribution in [3.63, 3.8) is 0 Å². The van der Waals surface area contributed by atoms with Crippen molar-refractivity contribution in [1.29, 1.82) is 0 Å². The van der Waals surface area contributed by atoms with Crippen molar-refractivity contribution in [3.05, 3.63) is 11.8 Å². The number of rotatable bonds is 6. The van der Waals surface area contributed by atoms with E-state index in [9.17, 15) is 8.42 Å². The molecule has 0 spiro atoms. The van der Waals surface area contributed by atoms with E-state index >= 15 is 0 Å². The van der Waals surface area contributed by atoms with Crippen LogP contribution in [0.5, 0.6) is 0 Å². The molecule has 0 saturated heterocycles. The van der Waals surface area contributed by atoms with Crippen LogP contribution in [0.4, 0.5) is 0 Å². The van der Waals surface area contributed by atoms with E-state index in [0.29, 0.717) is 12.6 Å². The van der Waals surface area contributed by atoms with Crippen molar-refractivity contribution >= 4 is 10.0 Å². The number of hydrogen-bond donors (Lipinski definition) is 3. The van der Waals surface area contributed by atoms with Gasteiger partial charge in [0.25, 0.3) is 10.0 Å². The molecule has 0 amide bonds. The van der Waals surface area contributed by atoms with E-state index in [1.165, 1.54) is 25.7 Å². The minimum absolute atomic E-state index is 0.0602. The van der Waals surface area contributed by atoms with Crippen molar-refractivity contribution in [3.8, 4) is 0 Å². The molecule has 1 aromatic heterocycles. The van der Waals surface area contributed by atoms with Crippen LogP contribution in [0.15, 0.2) is 11.2 Å². The molecule has 0 radical (unpaired) electrons. The predicted molar refractivity (Wildman–Crippen MR) is 80.3 cm³/mol. The fraction of sp³-hybridized carbons (Fsp3) is 0.786. The van der Waals surface area contributed by atoms with E-state index < -0.39 is 10.0 Å². The summed E-state index contributed by atoms with van der Waals surface area (Å²) in [5.74, 6) is 0. The highest BCUT2D eigenvalue weighted by Crippen LogP contribution is 2.22. The maximum Gasteiger partial charge on any atom is 0.258 e. The Morgan fingerprint density at radius 2 is 1.81 bits per heavy atom. The molecule has 0 unspecified atom stereocenters. The number of aromatic amines is 1. The predicted octanol–water partition coefficient (Wildman–Crippen LogP) is 1.66. The molecule has 118 valence electrons. The number of aromatic nitrogens is 2. The molecule has 21 heavy (non-hydrogen) atoms. The Labute approximate surface area is 126 Å². The summed E-state index contributed by atoms with van der Waals surface area (Å²) in [6.45, 7) is 0.558. The third kappa shape index (κ3) is 4.05. The molecular weight excluding hydrogens is 288 g/mol. The van der Waals surface area contributed by atoms with Gasteiger partial charge in [-0.25, -0.2) is 13.1 Å². The van der Waals surface area contributed by atoms with Gasteiger partial charge in [-0.05, 0) is 25.7 Å². The summed E-state index contributed by atoms with van der Waals surface area (Å²) in [6, 6.07) is 0.607. The highest BCUT2D eigenvalue weighted by Gasteiger charge is 2.26. The Morgan fingerprint density at radius 1 is 1.10 bits per heavy atom. The lowest BCUT2D eigenvalue weighted by Gasteiger charge is -2.16. The van der Waals surface area contributed by atoms with Gasteiger partial charge in [0.1, 0.15) is 0 Å². The lowest BCUT2D eigenvalue weighted by molar-refractivity contribution is 0.506. The maximum atomic E-state index is 12.5. The van der Waals surface area contributed by atoms with Crippen LogP contribution in [0.1, 0.15) is 56.9 Å². The summed E-state index contributed by atoms with van der Waals surface area (Å²) < 4.78 is 27.9. The van der Waals surface area contributed by atoms with Gasteiger partial charge in [-0.15, -0.1) is 0 Å². The molecule has 2 fully saturated rings. The third-order valence-corrected chi connectivity index (χ3v) is 5.82. The minimum atomic E-state index is -3.50. The maximum absolute atomic E-state index is 12.5. The van der Waals surface area contributed by atoms with Gasteiger partial charge in [-0.1, -0.05) is 25.7 Å². The van der Waals surface area contributed by atoms with Crippen LogP contribution >= 0.6 is 0 Å². The number of hydrogen-bond acceptors (Lipinski definition) is 4. The second-order valence-corrected chi connectivity index (χ2v) is 7.84. The largest absolute Gasteiger partial charge is 0.310 e. The molecule has 3 N–H and O–H groups in total. The first-order valence-corrected chi connectivity index (χ1v) is 9.41.